The van der Waals surface area contributed by atoms with Crippen molar-refractivity contribution in [3.8, 4) is 0 Å². The van der Waals surface area contributed by atoms with Gasteiger partial charge < -0.3 is 20.1 Å². The first-order valence-corrected chi connectivity index (χ1v) is 14.2. The molecule has 214 valence electrons. The van der Waals surface area contributed by atoms with E-state index < -0.39 is 6.04 Å². The van der Waals surface area contributed by atoms with Crippen LogP contribution in [0, 0.1) is 11.8 Å². The smallest absolute Gasteiger partial charge is 0.246 e. The molecule has 0 saturated carbocycles. The van der Waals surface area contributed by atoms with Gasteiger partial charge in [0.05, 0.1) is 18.4 Å². The molecule has 0 radical (unpaired) electrons. The van der Waals surface area contributed by atoms with Crippen LogP contribution in [0.3, 0.4) is 0 Å². The molecular weight excluding hydrogens is 480 g/mol. The van der Waals surface area contributed by atoms with Crippen LogP contribution in [0.1, 0.15) is 74.1 Å². The summed E-state index contributed by atoms with van der Waals surface area (Å²) >= 11 is 0. The lowest BCUT2D eigenvalue weighted by Gasteiger charge is -2.39. The number of nitrogens with zero attached hydrogens (tertiary/aromatic N) is 4. The fourth-order valence-corrected chi connectivity index (χ4v) is 5.09. The molecule has 0 unspecified atom stereocenters. The third-order valence-corrected chi connectivity index (χ3v) is 7.44. The second-order valence-electron chi connectivity index (χ2n) is 11.5. The lowest BCUT2D eigenvalue weighted by atomic mass is 9.95. The highest BCUT2D eigenvalue weighted by Gasteiger charge is 2.36. The predicted molar refractivity (Wildman–Crippen MR) is 151 cm³/mol. The van der Waals surface area contributed by atoms with Crippen molar-refractivity contribution in [2.24, 2.45) is 11.8 Å². The molecule has 9 heteroatoms. The summed E-state index contributed by atoms with van der Waals surface area (Å²) in [6.07, 6.45) is 11.0. The summed E-state index contributed by atoms with van der Waals surface area (Å²) in [7, 11) is 1.77. The summed E-state index contributed by atoms with van der Waals surface area (Å²) in [4.78, 5) is 47.7. The fourth-order valence-electron chi connectivity index (χ4n) is 5.09. The number of amides is 3. The molecule has 1 aliphatic heterocycles. The van der Waals surface area contributed by atoms with Crippen molar-refractivity contribution in [1.82, 2.24) is 30.0 Å². The maximum Gasteiger partial charge on any atom is 0.246 e. The van der Waals surface area contributed by atoms with Crippen LogP contribution in [0.2, 0.25) is 0 Å². The number of aryl methyl sites for hydroxylation is 1. The Balaban J connectivity index is 2.05. The van der Waals surface area contributed by atoms with Crippen LogP contribution in [0.5, 0.6) is 0 Å². The second-order valence-corrected chi connectivity index (χ2v) is 11.5. The van der Waals surface area contributed by atoms with Crippen LogP contribution in [0.15, 0.2) is 30.4 Å². The monoisotopic (exact) mass is 530 g/mol. The highest BCUT2D eigenvalue weighted by atomic mass is 16.2. The molecule has 0 bridgehead atoms. The number of piperidine rings is 1. The minimum Gasteiger partial charge on any atom is -0.352 e. The van der Waals surface area contributed by atoms with Gasteiger partial charge in [-0.1, -0.05) is 40.2 Å². The average molecular weight is 531 g/mol. The number of hydrogen-bond acceptors (Lipinski definition) is 5. The van der Waals surface area contributed by atoms with Crippen molar-refractivity contribution in [3.05, 3.63) is 30.4 Å². The maximum atomic E-state index is 13.7. The van der Waals surface area contributed by atoms with Crippen LogP contribution < -0.4 is 10.6 Å². The van der Waals surface area contributed by atoms with Crippen molar-refractivity contribution >= 4 is 17.7 Å². The summed E-state index contributed by atoms with van der Waals surface area (Å²) in [5, 5.41) is 6.06. The molecule has 1 aromatic heterocycles. The van der Waals surface area contributed by atoms with Crippen molar-refractivity contribution < 1.29 is 14.4 Å². The molecule has 0 spiro atoms. The average Bonchev–Trinajstić information content (AvgIpc) is 3.40. The largest absolute Gasteiger partial charge is 0.352 e. The molecule has 2 rings (SSSR count). The highest BCUT2D eigenvalue weighted by molar-refractivity contribution is 5.93. The van der Waals surface area contributed by atoms with E-state index in [-0.39, 0.29) is 47.7 Å². The summed E-state index contributed by atoms with van der Waals surface area (Å²) < 4.78 is 1.97. The van der Waals surface area contributed by atoms with Crippen LogP contribution in [0.4, 0.5) is 0 Å². The van der Waals surface area contributed by atoms with Gasteiger partial charge in [-0.2, -0.15) is 0 Å². The second kappa shape index (κ2) is 15.0. The molecular formula is C29H50N6O3. The van der Waals surface area contributed by atoms with Crippen LogP contribution in [-0.2, 0) is 20.9 Å². The Morgan fingerprint density at radius 1 is 1.11 bits per heavy atom. The molecule has 3 amide bonds. The van der Waals surface area contributed by atoms with Gasteiger partial charge >= 0.3 is 0 Å². The minimum absolute atomic E-state index is 0.0678. The Morgan fingerprint density at radius 3 is 2.39 bits per heavy atom. The SMILES string of the molecule is CC(=C[C@H](C(C)C)N(C)C(=O)[C@@H](NC(=O)[C@H]1CCCCN1C(C)C)C(C)C)C(=O)NCCCn1ccnc1. The minimum atomic E-state index is -0.629. The molecule has 1 aromatic rings. The van der Waals surface area contributed by atoms with Gasteiger partial charge in [-0.3, -0.25) is 19.3 Å². The Kier molecular flexibility index (Phi) is 12.5. The summed E-state index contributed by atoms with van der Waals surface area (Å²) in [6, 6.07) is -0.837. The summed E-state index contributed by atoms with van der Waals surface area (Å²) in [5.41, 5.74) is 0.575. The van der Waals surface area contributed by atoms with Gasteiger partial charge in [-0.25, -0.2) is 4.98 Å². The van der Waals surface area contributed by atoms with Crippen molar-refractivity contribution in [2.75, 3.05) is 20.1 Å². The Bertz CT molecular complexity index is 925. The van der Waals surface area contributed by atoms with E-state index in [9.17, 15) is 14.4 Å². The van der Waals surface area contributed by atoms with Crippen LogP contribution in [-0.4, -0.2) is 81.4 Å². The first kappa shape index (κ1) is 31.5. The Morgan fingerprint density at radius 2 is 1.82 bits per heavy atom. The van der Waals surface area contributed by atoms with E-state index in [1.165, 1.54) is 0 Å². The van der Waals surface area contributed by atoms with E-state index in [0.29, 0.717) is 12.1 Å². The Hall–Kier alpha value is -2.68. The molecule has 0 aromatic carbocycles. The third kappa shape index (κ3) is 8.96. The molecule has 2 N–H and O–H groups in total. The van der Waals surface area contributed by atoms with E-state index >= 15 is 0 Å². The molecule has 1 aliphatic rings. The zero-order chi connectivity index (χ0) is 28.4. The molecule has 9 nitrogen and oxygen atoms in total. The van der Waals surface area contributed by atoms with E-state index in [1.807, 2.05) is 44.5 Å². The van der Waals surface area contributed by atoms with Gasteiger partial charge in [0, 0.05) is 44.1 Å². The molecule has 1 fully saturated rings. The van der Waals surface area contributed by atoms with Gasteiger partial charge in [-0.05, 0) is 58.4 Å². The van der Waals surface area contributed by atoms with Crippen molar-refractivity contribution in [1.29, 1.82) is 0 Å². The molecule has 1 saturated heterocycles. The number of carbonyl (C=O) groups is 3. The van der Waals surface area contributed by atoms with Gasteiger partial charge in [0.25, 0.3) is 0 Å². The third-order valence-electron chi connectivity index (χ3n) is 7.44. The first-order chi connectivity index (χ1) is 17.9. The highest BCUT2D eigenvalue weighted by Crippen LogP contribution is 2.21. The van der Waals surface area contributed by atoms with Gasteiger partial charge in [0.15, 0.2) is 0 Å². The van der Waals surface area contributed by atoms with E-state index in [4.69, 9.17) is 0 Å². The standard InChI is InChI=1S/C29H50N6O3/c1-20(2)25(18-23(7)27(36)31-13-11-15-34-17-14-30-19-34)33(8)29(38)26(21(3)4)32-28(37)24-12-9-10-16-35(24)22(5)6/h14,17-22,24-26H,9-13,15-16H2,1-8H3,(H,31,36)(H,32,37)/t24-,25-,26+/m1/s1. The molecule has 0 aliphatic carbocycles. The number of aromatic nitrogens is 2. The van der Waals surface area contributed by atoms with E-state index in [1.54, 1.807) is 31.4 Å². The number of rotatable bonds is 13. The lowest BCUT2D eigenvalue weighted by Crippen LogP contribution is -2.58. The molecule has 2 heterocycles. The van der Waals surface area contributed by atoms with Gasteiger partial charge in [0.1, 0.15) is 6.04 Å². The zero-order valence-corrected chi connectivity index (χ0v) is 24.7. The fraction of sp³-hybridized carbons (Fsp3) is 0.724. The number of imidazole rings is 1. The molecule has 38 heavy (non-hydrogen) atoms. The lowest BCUT2D eigenvalue weighted by molar-refractivity contribution is -0.140. The van der Waals surface area contributed by atoms with Crippen molar-refractivity contribution in [2.45, 2.75) is 105 Å². The number of carbonyl (C=O) groups excluding carboxylic acids is 3. The number of likely N-dealkylation sites (N-methyl/N-ethyl adjacent to an activating group) is 1. The Labute approximate surface area is 229 Å². The topological polar surface area (TPSA) is 99.6 Å². The number of nitrogens with one attached hydrogen (secondary N) is 2. The zero-order valence-electron chi connectivity index (χ0n) is 24.7. The number of likely N-dealkylation sites (tertiary alicyclic amines) is 1. The quantitative estimate of drug-likeness (QED) is 0.301. The summed E-state index contributed by atoms with van der Waals surface area (Å²) in [5.74, 6) is -0.319. The van der Waals surface area contributed by atoms with Gasteiger partial charge in [0.2, 0.25) is 17.7 Å². The normalized spacial score (nSPS) is 18.5. The van der Waals surface area contributed by atoms with Crippen LogP contribution in [0.25, 0.3) is 0 Å². The number of hydrogen-bond donors (Lipinski definition) is 2. The predicted octanol–water partition coefficient (Wildman–Crippen LogP) is 3.22. The van der Waals surface area contributed by atoms with E-state index in [0.717, 1.165) is 38.8 Å². The van der Waals surface area contributed by atoms with Crippen molar-refractivity contribution in [3.63, 3.8) is 0 Å². The first-order valence-electron chi connectivity index (χ1n) is 14.2. The van der Waals surface area contributed by atoms with Gasteiger partial charge in [-0.15, -0.1) is 0 Å². The summed E-state index contributed by atoms with van der Waals surface area (Å²) in [6.45, 7) is 16.2. The maximum absolute atomic E-state index is 13.7. The van der Waals surface area contributed by atoms with Crippen LogP contribution >= 0.6 is 0 Å². The van der Waals surface area contributed by atoms with E-state index in [2.05, 4.69) is 34.4 Å². The molecule has 3 atom stereocenters.